The second kappa shape index (κ2) is 17.1. The van der Waals surface area contributed by atoms with Gasteiger partial charge in [0.15, 0.2) is 0 Å². The first-order valence-electron chi connectivity index (χ1n) is 13.4. The fourth-order valence-electron chi connectivity index (χ4n) is 4.69. The molecule has 3 amide bonds. The highest BCUT2D eigenvalue weighted by Gasteiger charge is 2.29. The number of carbonyl (C=O) groups is 7. The molecule has 0 aromatic rings. The van der Waals surface area contributed by atoms with Gasteiger partial charge in [-0.3, -0.25) is 58.1 Å². The largest absolute Gasteiger partial charge is 0.480 e. The molecule has 42 heavy (non-hydrogen) atoms. The molecule has 5 N–H and O–H groups in total. The summed E-state index contributed by atoms with van der Waals surface area (Å²) in [6.45, 7) is 0.182. The summed E-state index contributed by atoms with van der Waals surface area (Å²) in [5.74, 6) is -5.96. The number of rotatable bonds is 14. The van der Waals surface area contributed by atoms with Crippen LogP contribution in [0.5, 0.6) is 0 Å². The van der Waals surface area contributed by atoms with Crippen LogP contribution in [0.15, 0.2) is 12.2 Å². The summed E-state index contributed by atoms with van der Waals surface area (Å²) in [5, 5.41) is 40.5. The number of nitrogens with zero attached hydrogens (tertiary/aromatic N) is 5. The first kappa shape index (κ1) is 34.3. The molecule has 0 spiro atoms. The Labute approximate surface area is 241 Å². The average molecular weight is 599 g/mol. The smallest absolute Gasteiger partial charge is 0.320 e. The number of hydrogen-bond donors (Lipinski definition) is 5. The molecular weight excluding hydrogens is 560 g/mol. The first-order valence-corrected chi connectivity index (χ1v) is 13.4. The second-order valence-electron chi connectivity index (χ2n) is 9.95. The Morgan fingerprint density at radius 3 is 1.48 bits per heavy atom. The van der Waals surface area contributed by atoms with Crippen LogP contribution in [0.1, 0.15) is 12.8 Å². The van der Waals surface area contributed by atoms with E-state index in [2.05, 4.69) is 5.32 Å². The minimum absolute atomic E-state index is 0.00730. The summed E-state index contributed by atoms with van der Waals surface area (Å²) in [6.07, 6.45) is 1.96. The molecule has 1 saturated heterocycles. The van der Waals surface area contributed by atoms with Crippen molar-refractivity contribution in [1.82, 2.24) is 29.8 Å². The van der Waals surface area contributed by atoms with E-state index >= 15 is 0 Å². The van der Waals surface area contributed by atoms with Gasteiger partial charge in [0.05, 0.1) is 19.6 Å². The number of imide groups is 1. The van der Waals surface area contributed by atoms with Crippen LogP contribution in [0, 0.1) is 0 Å². The van der Waals surface area contributed by atoms with Crippen molar-refractivity contribution in [2.75, 3.05) is 85.1 Å². The summed E-state index contributed by atoms with van der Waals surface area (Å²) in [7, 11) is 0. The summed E-state index contributed by atoms with van der Waals surface area (Å²) in [5.41, 5.74) is 0. The Morgan fingerprint density at radius 2 is 1.10 bits per heavy atom. The molecule has 1 atom stereocenters. The van der Waals surface area contributed by atoms with E-state index in [-0.39, 0.29) is 97.9 Å². The van der Waals surface area contributed by atoms with E-state index in [1.54, 1.807) is 19.6 Å². The highest BCUT2D eigenvalue weighted by atomic mass is 16.4. The molecule has 2 rings (SSSR count). The third-order valence-corrected chi connectivity index (χ3v) is 6.88. The Bertz CT molecular complexity index is 1000. The summed E-state index contributed by atoms with van der Waals surface area (Å²) < 4.78 is 0. The molecule has 0 aromatic carbocycles. The number of nitrogens with one attached hydrogen (secondary N) is 1. The standard InChI is InChI=1S/C25H38N6O11/c32-19(26-5-6-31-20(33)3-4-21(31)34)2-1-18(25(41)42)30-13-11-28(16-23(37)38)9-7-27(15-22(35)36)8-10-29(12-14-30)17-24(39)40/h3-4,18H,1-2,5-17H2,(H,26,32)(H,35,36)(H,37,38)(H,39,40)(H,41,42). The molecule has 2 heterocycles. The van der Waals surface area contributed by atoms with Gasteiger partial charge in [0.2, 0.25) is 5.91 Å². The van der Waals surface area contributed by atoms with Gasteiger partial charge in [0.1, 0.15) is 6.04 Å². The van der Waals surface area contributed by atoms with Gasteiger partial charge in [-0.1, -0.05) is 0 Å². The number of amides is 3. The predicted molar refractivity (Wildman–Crippen MR) is 143 cm³/mol. The fraction of sp³-hybridized carbons (Fsp3) is 0.640. The van der Waals surface area contributed by atoms with Gasteiger partial charge in [-0.25, -0.2) is 0 Å². The van der Waals surface area contributed by atoms with Crippen LogP contribution in [0.4, 0.5) is 0 Å². The van der Waals surface area contributed by atoms with Crippen molar-refractivity contribution in [3.63, 3.8) is 0 Å². The van der Waals surface area contributed by atoms with Gasteiger partial charge in [0, 0.05) is 84.0 Å². The van der Waals surface area contributed by atoms with Gasteiger partial charge in [-0.05, 0) is 6.42 Å². The average Bonchev–Trinajstić information content (AvgIpc) is 3.21. The lowest BCUT2D eigenvalue weighted by molar-refractivity contribution is -0.145. The molecule has 2 aliphatic heterocycles. The van der Waals surface area contributed by atoms with Crippen LogP contribution in [0.25, 0.3) is 0 Å². The lowest BCUT2D eigenvalue weighted by Crippen LogP contribution is -2.52. The Morgan fingerprint density at radius 1 is 0.690 bits per heavy atom. The Balaban J connectivity index is 2.09. The molecule has 0 aromatic heterocycles. The first-order chi connectivity index (χ1) is 19.8. The van der Waals surface area contributed by atoms with Crippen LogP contribution in [-0.2, 0) is 33.6 Å². The third-order valence-electron chi connectivity index (χ3n) is 6.88. The number of carboxylic acid groups (broad SMARTS) is 4. The highest BCUT2D eigenvalue weighted by molar-refractivity contribution is 6.12. The number of carboxylic acids is 4. The van der Waals surface area contributed by atoms with Crippen LogP contribution >= 0.6 is 0 Å². The molecule has 17 nitrogen and oxygen atoms in total. The zero-order valence-electron chi connectivity index (χ0n) is 23.2. The van der Waals surface area contributed by atoms with Gasteiger partial charge in [-0.15, -0.1) is 0 Å². The molecule has 17 heteroatoms. The van der Waals surface area contributed by atoms with E-state index in [0.29, 0.717) is 0 Å². The summed E-state index contributed by atoms with van der Waals surface area (Å²) in [6, 6.07) is -1.15. The van der Waals surface area contributed by atoms with E-state index in [1.807, 2.05) is 0 Å². The number of hydrogen-bond acceptors (Lipinski definition) is 11. The fourth-order valence-corrected chi connectivity index (χ4v) is 4.69. The van der Waals surface area contributed by atoms with Gasteiger partial charge in [-0.2, -0.15) is 0 Å². The topological polar surface area (TPSA) is 229 Å². The van der Waals surface area contributed by atoms with E-state index in [1.165, 1.54) is 0 Å². The minimum Gasteiger partial charge on any atom is -0.480 e. The van der Waals surface area contributed by atoms with Crippen molar-refractivity contribution in [2.24, 2.45) is 0 Å². The zero-order valence-corrected chi connectivity index (χ0v) is 23.2. The zero-order chi connectivity index (χ0) is 31.2. The molecule has 0 saturated carbocycles. The summed E-state index contributed by atoms with van der Waals surface area (Å²) >= 11 is 0. The van der Waals surface area contributed by atoms with Crippen molar-refractivity contribution < 1.29 is 54.0 Å². The SMILES string of the molecule is O=C(O)CN1CCN(CC(=O)O)CCN(C(CCC(=O)NCCN2C(=O)C=CC2=O)C(=O)O)CCN(CC(=O)O)CC1. The van der Waals surface area contributed by atoms with Crippen molar-refractivity contribution in [3.05, 3.63) is 12.2 Å². The maximum atomic E-state index is 12.4. The van der Waals surface area contributed by atoms with Crippen LogP contribution in [0.2, 0.25) is 0 Å². The van der Waals surface area contributed by atoms with E-state index < -0.39 is 47.6 Å². The molecule has 234 valence electrons. The summed E-state index contributed by atoms with van der Waals surface area (Å²) in [4.78, 5) is 89.4. The monoisotopic (exact) mass is 598 g/mol. The van der Waals surface area contributed by atoms with E-state index in [4.69, 9.17) is 0 Å². The van der Waals surface area contributed by atoms with E-state index in [9.17, 15) is 54.0 Å². The van der Waals surface area contributed by atoms with Gasteiger partial charge in [0.25, 0.3) is 11.8 Å². The quantitative estimate of drug-likeness (QED) is 0.124. The van der Waals surface area contributed by atoms with E-state index in [0.717, 1.165) is 17.1 Å². The van der Waals surface area contributed by atoms with Crippen molar-refractivity contribution in [3.8, 4) is 0 Å². The lowest BCUT2D eigenvalue weighted by Gasteiger charge is -2.35. The molecule has 1 fully saturated rings. The van der Waals surface area contributed by atoms with Crippen LogP contribution < -0.4 is 5.32 Å². The van der Waals surface area contributed by atoms with Crippen LogP contribution in [0.3, 0.4) is 0 Å². The molecule has 0 radical (unpaired) electrons. The second-order valence-corrected chi connectivity index (χ2v) is 9.95. The highest BCUT2D eigenvalue weighted by Crippen LogP contribution is 2.11. The van der Waals surface area contributed by atoms with Crippen LogP contribution in [-0.4, -0.2) is 178 Å². The Hall–Kier alpha value is -3.93. The molecule has 1 unspecified atom stereocenters. The molecule has 0 aliphatic carbocycles. The maximum absolute atomic E-state index is 12.4. The number of aliphatic carboxylic acids is 4. The normalized spacial score (nSPS) is 19.2. The molecule has 2 aliphatic rings. The van der Waals surface area contributed by atoms with Crippen molar-refractivity contribution in [2.45, 2.75) is 18.9 Å². The molecular formula is C25H38N6O11. The minimum atomic E-state index is -1.21. The Kier molecular flexibility index (Phi) is 14.0. The lowest BCUT2D eigenvalue weighted by atomic mass is 10.1. The van der Waals surface area contributed by atoms with Gasteiger partial charge < -0.3 is 25.7 Å². The predicted octanol–water partition coefficient (Wildman–Crippen LogP) is -3.26. The van der Waals surface area contributed by atoms with Gasteiger partial charge >= 0.3 is 23.9 Å². The molecule has 0 bridgehead atoms. The maximum Gasteiger partial charge on any atom is 0.320 e. The third kappa shape index (κ3) is 12.3. The number of carbonyl (C=O) groups excluding carboxylic acids is 3. The van der Waals surface area contributed by atoms with Crippen molar-refractivity contribution >= 4 is 41.6 Å². The van der Waals surface area contributed by atoms with Crippen molar-refractivity contribution in [1.29, 1.82) is 0 Å².